The van der Waals surface area contributed by atoms with Crippen molar-refractivity contribution in [3.05, 3.63) is 105 Å². The monoisotopic (exact) mass is 678 g/mol. The van der Waals surface area contributed by atoms with Crippen molar-refractivity contribution in [1.29, 1.82) is 0 Å². The summed E-state index contributed by atoms with van der Waals surface area (Å²) >= 11 is 0. The average molecular weight is 679 g/mol. The first-order valence-electron chi connectivity index (χ1n) is 15.5. The van der Waals surface area contributed by atoms with Gasteiger partial charge in [0.1, 0.15) is 11.5 Å². The third-order valence-corrected chi connectivity index (χ3v) is 8.50. The van der Waals surface area contributed by atoms with Gasteiger partial charge in [-0.3, -0.25) is 28.8 Å². The SMILES string of the molecule is COc1ccc2c(c1)C(=O)c1ccc(OC)c(OC(=O)CCCCC(=O)Oc3c(OC)ccc4c3C(=O)c3ccc(OC)cc3C4=O)c1C2=O. The Hall–Kier alpha value is -6.30. The van der Waals surface area contributed by atoms with Crippen LogP contribution in [0.5, 0.6) is 34.5 Å². The van der Waals surface area contributed by atoms with Gasteiger partial charge >= 0.3 is 11.9 Å². The highest BCUT2D eigenvalue weighted by molar-refractivity contribution is 6.30. The van der Waals surface area contributed by atoms with Crippen LogP contribution in [-0.2, 0) is 9.59 Å². The summed E-state index contributed by atoms with van der Waals surface area (Å²) in [5.74, 6) is -2.66. The summed E-state index contributed by atoms with van der Waals surface area (Å²) in [6.07, 6.45) is 0.0928. The third-order valence-electron chi connectivity index (χ3n) is 8.50. The summed E-state index contributed by atoms with van der Waals surface area (Å²) in [6.45, 7) is 0. The van der Waals surface area contributed by atoms with E-state index in [2.05, 4.69) is 0 Å². The van der Waals surface area contributed by atoms with E-state index >= 15 is 0 Å². The summed E-state index contributed by atoms with van der Waals surface area (Å²) in [4.78, 5) is 79.6. The highest BCUT2D eigenvalue weighted by Crippen LogP contribution is 2.42. The molecule has 2 aliphatic carbocycles. The second-order valence-corrected chi connectivity index (χ2v) is 11.3. The molecule has 0 radical (unpaired) electrons. The molecule has 6 rings (SSSR count). The molecular weight excluding hydrogens is 648 g/mol. The van der Waals surface area contributed by atoms with Crippen LogP contribution in [0.4, 0.5) is 0 Å². The molecule has 254 valence electrons. The number of hydrogen-bond donors (Lipinski definition) is 0. The third kappa shape index (κ3) is 5.85. The van der Waals surface area contributed by atoms with Crippen LogP contribution < -0.4 is 28.4 Å². The maximum absolute atomic E-state index is 13.5. The van der Waals surface area contributed by atoms with Gasteiger partial charge in [0.05, 0.1) is 39.6 Å². The van der Waals surface area contributed by atoms with Gasteiger partial charge in [0.2, 0.25) is 0 Å². The number of unbranched alkanes of at least 4 members (excludes halogenated alkanes) is 1. The van der Waals surface area contributed by atoms with Crippen molar-refractivity contribution in [3.63, 3.8) is 0 Å². The lowest BCUT2D eigenvalue weighted by Gasteiger charge is -2.22. The Balaban J connectivity index is 1.12. The Morgan fingerprint density at radius 3 is 1.20 bits per heavy atom. The zero-order chi connectivity index (χ0) is 35.7. The Labute approximate surface area is 285 Å². The molecule has 0 bridgehead atoms. The van der Waals surface area contributed by atoms with Crippen molar-refractivity contribution in [1.82, 2.24) is 0 Å². The molecule has 50 heavy (non-hydrogen) atoms. The summed E-state index contributed by atoms with van der Waals surface area (Å²) in [7, 11) is 5.59. The largest absolute Gasteiger partial charge is 0.497 e. The first-order valence-corrected chi connectivity index (χ1v) is 15.5. The van der Waals surface area contributed by atoms with Crippen LogP contribution in [0.2, 0.25) is 0 Å². The Bertz CT molecular complexity index is 1980. The van der Waals surface area contributed by atoms with Crippen LogP contribution >= 0.6 is 0 Å². The van der Waals surface area contributed by atoms with Gasteiger partial charge in [0.15, 0.2) is 46.1 Å². The fourth-order valence-corrected chi connectivity index (χ4v) is 5.98. The topological polar surface area (TPSA) is 158 Å². The number of fused-ring (bicyclic) bond motifs is 4. The molecule has 12 heteroatoms. The Kier molecular flexibility index (Phi) is 9.18. The number of rotatable bonds is 11. The Morgan fingerprint density at radius 1 is 0.460 bits per heavy atom. The van der Waals surface area contributed by atoms with Crippen LogP contribution in [0.1, 0.15) is 89.4 Å². The van der Waals surface area contributed by atoms with Crippen molar-refractivity contribution >= 4 is 35.1 Å². The zero-order valence-electron chi connectivity index (χ0n) is 27.5. The number of carbonyl (C=O) groups is 6. The molecule has 0 atom stereocenters. The first-order chi connectivity index (χ1) is 24.1. The lowest BCUT2D eigenvalue weighted by atomic mass is 9.83. The van der Waals surface area contributed by atoms with Crippen molar-refractivity contribution < 1.29 is 57.2 Å². The predicted octanol–water partition coefficient (Wildman–Crippen LogP) is 5.34. The Morgan fingerprint density at radius 2 is 0.840 bits per heavy atom. The summed E-state index contributed by atoms with van der Waals surface area (Å²) in [5.41, 5.74) is 0.571. The first kappa shape index (κ1) is 33.6. The summed E-state index contributed by atoms with van der Waals surface area (Å²) in [5, 5.41) is 0. The molecule has 0 spiro atoms. The number of carbonyl (C=O) groups excluding carboxylic acids is 6. The molecule has 0 saturated carbocycles. The fraction of sp³-hybridized carbons (Fsp3) is 0.211. The van der Waals surface area contributed by atoms with Gasteiger partial charge in [-0.05, 0) is 73.5 Å². The molecule has 0 aromatic heterocycles. The number of methoxy groups -OCH3 is 4. The van der Waals surface area contributed by atoms with E-state index in [0.717, 1.165) is 0 Å². The van der Waals surface area contributed by atoms with Gasteiger partial charge < -0.3 is 28.4 Å². The lowest BCUT2D eigenvalue weighted by molar-refractivity contribution is -0.136. The van der Waals surface area contributed by atoms with Gasteiger partial charge in [0, 0.05) is 46.2 Å². The van der Waals surface area contributed by atoms with Gasteiger partial charge in [0.25, 0.3) is 0 Å². The van der Waals surface area contributed by atoms with E-state index in [1.807, 2.05) is 0 Å². The van der Waals surface area contributed by atoms with Crippen LogP contribution in [0.3, 0.4) is 0 Å². The van der Waals surface area contributed by atoms with Gasteiger partial charge in [-0.1, -0.05) is 0 Å². The van der Waals surface area contributed by atoms with E-state index in [1.165, 1.54) is 77.0 Å². The number of esters is 2. The van der Waals surface area contributed by atoms with Crippen LogP contribution in [0.25, 0.3) is 0 Å². The number of ketones is 4. The number of benzene rings is 4. The number of ether oxygens (including phenoxy) is 6. The van der Waals surface area contributed by atoms with Gasteiger partial charge in [-0.25, -0.2) is 0 Å². The molecule has 0 aliphatic heterocycles. The standard InChI is InChI=1S/C38H30O12/c1-45-19-9-11-21-25(17-19)33(41)23-13-15-27(47-3)37(31(23)35(21)43)49-29(39)7-5-6-8-30(40)50-38-28(48-4)16-14-24-32(38)36(44)22-12-10-20(46-2)18-26(22)34(24)42/h9-18H,5-8H2,1-4H3. The molecule has 0 unspecified atom stereocenters. The fourth-order valence-electron chi connectivity index (χ4n) is 5.98. The van der Waals surface area contributed by atoms with E-state index < -0.39 is 35.1 Å². The van der Waals surface area contributed by atoms with E-state index in [1.54, 1.807) is 12.1 Å². The smallest absolute Gasteiger partial charge is 0.311 e. The average Bonchev–Trinajstić information content (AvgIpc) is 3.13. The van der Waals surface area contributed by atoms with Crippen LogP contribution in [0.15, 0.2) is 60.7 Å². The van der Waals surface area contributed by atoms with E-state index in [0.29, 0.717) is 11.5 Å². The second kappa shape index (κ2) is 13.7. The quantitative estimate of drug-likeness (QED) is 0.0985. The summed E-state index contributed by atoms with van der Waals surface area (Å²) in [6, 6.07) is 14.8. The highest BCUT2D eigenvalue weighted by atomic mass is 16.6. The van der Waals surface area contributed by atoms with Crippen molar-refractivity contribution in [2.75, 3.05) is 28.4 Å². The minimum atomic E-state index is -0.718. The molecule has 0 heterocycles. The predicted molar refractivity (Wildman–Crippen MR) is 175 cm³/mol. The van der Waals surface area contributed by atoms with Crippen molar-refractivity contribution in [3.8, 4) is 34.5 Å². The molecule has 0 saturated heterocycles. The molecule has 2 aliphatic rings. The van der Waals surface area contributed by atoms with E-state index in [9.17, 15) is 28.8 Å². The minimum Gasteiger partial charge on any atom is -0.497 e. The van der Waals surface area contributed by atoms with Crippen LogP contribution in [-0.4, -0.2) is 63.5 Å². The molecule has 12 nitrogen and oxygen atoms in total. The minimum absolute atomic E-state index is 0.0593. The number of hydrogen-bond acceptors (Lipinski definition) is 12. The molecule has 4 aromatic rings. The molecule has 0 fully saturated rings. The summed E-state index contributed by atoms with van der Waals surface area (Å²) < 4.78 is 32.3. The highest BCUT2D eigenvalue weighted by Gasteiger charge is 2.36. The molecule has 0 N–H and O–H groups in total. The van der Waals surface area contributed by atoms with Crippen molar-refractivity contribution in [2.45, 2.75) is 25.7 Å². The van der Waals surface area contributed by atoms with Gasteiger partial charge in [-0.15, -0.1) is 0 Å². The molecule has 4 aromatic carbocycles. The van der Waals surface area contributed by atoms with Crippen LogP contribution in [0, 0.1) is 0 Å². The maximum Gasteiger partial charge on any atom is 0.311 e. The second-order valence-electron chi connectivity index (χ2n) is 11.3. The van der Waals surface area contributed by atoms with Crippen molar-refractivity contribution in [2.24, 2.45) is 0 Å². The normalized spacial score (nSPS) is 12.6. The molecular formula is C38H30O12. The zero-order valence-corrected chi connectivity index (χ0v) is 27.5. The van der Waals surface area contributed by atoms with E-state index in [-0.39, 0.29) is 93.2 Å². The van der Waals surface area contributed by atoms with Gasteiger partial charge in [-0.2, -0.15) is 0 Å². The lowest BCUT2D eigenvalue weighted by Crippen LogP contribution is -2.23. The van der Waals surface area contributed by atoms with E-state index in [4.69, 9.17) is 28.4 Å². The molecule has 0 amide bonds. The maximum atomic E-state index is 13.5.